The number of aliphatic imine (C=N–C) groups is 1. The Morgan fingerprint density at radius 1 is 0.958 bits per heavy atom. The number of hydrogen-bond donors (Lipinski definition) is 3. The summed E-state index contributed by atoms with van der Waals surface area (Å²) in [6.07, 6.45) is 0. The van der Waals surface area contributed by atoms with E-state index >= 15 is 0 Å². The molecule has 3 aromatic rings. The first-order chi connectivity index (χ1) is 11.6. The van der Waals surface area contributed by atoms with E-state index in [-0.39, 0.29) is 24.0 Å². The summed E-state index contributed by atoms with van der Waals surface area (Å²) in [7, 11) is 0. The topological polar surface area (TPSA) is 81.9 Å². The molecule has 3 N–H and O–H groups in total. The van der Waals surface area contributed by atoms with E-state index in [9.17, 15) is 15.0 Å². The lowest BCUT2D eigenvalue weighted by Crippen LogP contribution is -2.13. The second-order valence-corrected chi connectivity index (χ2v) is 5.63. The minimum Gasteiger partial charge on any atom is -0.504 e. The van der Waals surface area contributed by atoms with Crippen LogP contribution in [0.15, 0.2) is 59.6 Å². The van der Waals surface area contributed by atoms with Crippen LogP contribution in [0.25, 0.3) is 10.8 Å². The van der Waals surface area contributed by atoms with Gasteiger partial charge in [-0.2, -0.15) is 0 Å². The molecule has 24 heavy (non-hydrogen) atoms. The van der Waals surface area contributed by atoms with Crippen LogP contribution in [0, 0.1) is 0 Å². The van der Waals surface area contributed by atoms with Crippen LogP contribution >= 0.6 is 0 Å². The average molecular weight is 318 g/mol. The molecule has 5 heteroatoms. The Balaban J connectivity index is 1.98. The molecule has 4 rings (SSSR count). The van der Waals surface area contributed by atoms with E-state index in [1.165, 1.54) is 12.1 Å². The number of hydrogen-bond acceptors (Lipinski definition) is 4. The van der Waals surface area contributed by atoms with Gasteiger partial charge < -0.3 is 15.5 Å². The molecule has 1 amide bonds. The zero-order valence-electron chi connectivity index (χ0n) is 12.7. The Morgan fingerprint density at radius 3 is 2.62 bits per heavy atom. The molecular formula is C19H14N2O3. The van der Waals surface area contributed by atoms with E-state index < -0.39 is 0 Å². The largest absolute Gasteiger partial charge is 0.504 e. The molecular weight excluding hydrogens is 304 g/mol. The summed E-state index contributed by atoms with van der Waals surface area (Å²) < 4.78 is 0. The van der Waals surface area contributed by atoms with E-state index in [4.69, 9.17) is 0 Å². The van der Waals surface area contributed by atoms with Gasteiger partial charge in [0.1, 0.15) is 6.54 Å². The standard InChI is InChI=1S/C19H14N2O3/c22-15-8-6-12(9-16(15)23)18-14-7-5-11-3-1-2-4-13(11)19(14)21-17(24)10-20-18/h1-9,22-23H,10H2,(H,21,24). The molecule has 0 atom stereocenters. The van der Waals surface area contributed by atoms with Crippen molar-refractivity contribution in [2.75, 3.05) is 11.9 Å². The van der Waals surface area contributed by atoms with Crippen LogP contribution in [0.5, 0.6) is 11.5 Å². The molecule has 1 aliphatic rings. The fourth-order valence-electron chi connectivity index (χ4n) is 2.94. The number of fused-ring (bicyclic) bond motifs is 3. The van der Waals surface area contributed by atoms with Crippen molar-refractivity contribution in [2.45, 2.75) is 0 Å². The van der Waals surface area contributed by atoms with Gasteiger partial charge in [0.15, 0.2) is 11.5 Å². The highest BCUT2D eigenvalue weighted by Crippen LogP contribution is 2.33. The number of carbonyl (C=O) groups excluding carboxylic acids is 1. The Bertz CT molecular complexity index is 1010. The summed E-state index contributed by atoms with van der Waals surface area (Å²) in [5.74, 6) is -0.604. The first-order valence-electron chi connectivity index (χ1n) is 7.52. The molecule has 0 aromatic heterocycles. The van der Waals surface area contributed by atoms with Crippen molar-refractivity contribution in [3.8, 4) is 11.5 Å². The molecule has 0 bridgehead atoms. The lowest BCUT2D eigenvalue weighted by atomic mass is 9.96. The van der Waals surface area contributed by atoms with Crippen LogP contribution in [0.4, 0.5) is 5.69 Å². The predicted molar refractivity (Wildman–Crippen MR) is 92.9 cm³/mol. The monoisotopic (exact) mass is 318 g/mol. The van der Waals surface area contributed by atoms with E-state index in [0.29, 0.717) is 17.0 Å². The van der Waals surface area contributed by atoms with Crippen molar-refractivity contribution >= 4 is 28.1 Å². The molecule has 0 saturated heterocycles. The smallest absolute Gasteiger partial charge is 0.246 e. The Kier molecular flexibility index (Phi) is 3.20. The van der Waals surface area contributed by atoms with Gasteiger partial charge in [0, 0.05) is 16.5 Å². The summed E-state index contributed by atoms with van der Waals surface area (Å²) in [5.41, 5.74) is 2.73. The number of benzene rings is 3. The lowest BCUT2D eigenvalue weighted by Gasteiger charge is -2.13. The van der Waals surface area contributed by atoms with Crippen LogP contribution in [-0.4, -0.2) is 28.4 Å². The Hall–Kier alpha value is -3.34. The van der Waals surface area contributed by atoms with Gasteiger partial charge in [-0.1, -0.05) is 36.4 Å². The van der Waals surface area contributed by atoms with Gasteiger partial charge in [-0.3, -0.25) is 9.79 Å². The molecule has 118 valence electrons. The Labute approximate surface area is 137 Å². The molecule has 0 spiro atoms. The number of nitrogens with one attached hydrogen (secondary N) is 1. The minimum atomic E-state index is -0.221. The van der Waals surface area contributed by atoms with Gasteiger partial charge >= 0.3 is 0 Å². The highest BCUT2D eigenvalue weighted by atomic mass is 16.3. The predicted octanol–water partition coefficient (Wildman–Crippen LogP) is 3.04. The van der Waals surface area contributed by atoms with Crippen LogP contribution in [0.2, 0.25) is 0 Å². The summed E-state index contributed by atoms with van der Waals surface area (Å²) in [4.78, 5) is 16.5. The van der Waals surface area contributed by atoms with E-state index in [1.807, 2.05) is 36.4 Å². The fraction of sp³-hybridized carbons (Fsp3) is 0.0526. The molecule has 1 aliphatic heterocycles. The number of nitrogens with zero attached hydrogens (tertiary/aromatic N) is 1. The number of rotatable bonds is 1. The van der Waals surface area contributed by atoms with Crippen LogP contribution < -0.4 is 5.32 Å². The van der Waals surface area contributed by atoms with Crippen molar-refractivity contribution in [1.82, 2.24) is 0 Å². The normalized spacial score (nSPS) is 13.8. The molecule has 0 unspecified atom stereocenters. The third kappa shape index (κ3) is 2.27. The highest BCUT2D eigenvalue weighted by Gasteiger charge is 2.20. The maximum absolute atomic E-state index is 12.1. The first-order valence-corrected chi connectivity index (χ1v) is 7.52. The van der Waals surface area contributed by atoms with Crippen molar-refractivity contribution in [3.05, 3.63) is 65.7 Å². The summed E-state index contributed by atoms with van der Waals surface area (Å²) in [5, 5.41) is 24.2. The third-order valence-electron chi connectivity index (χ3n) is 4.08. The van der Waals surface area contributed by atoms with Crippen molar-refractivity contribution < 1.29 is 15.0 Å². The van der Waals surface area contributed by atoms with Gasteiger partial charge in [0.05, 0.1) is 11.4 Å². The van der Waals surface area contributed by atoms with E-state index in [0.717, 1.165) is 16.3 Å². The molecule has 1 heterocycles. The number of phenols is 2. The number of phenolic OH excluding ortho intramolecular Hbond substituents is 2. The van der Waals surface area contributed by atoms with E-state index in [1.54, 1.807) is 6.07 Å². The third-order valence-corrected chi connectivity index (χ3v) is 4.08. The summed E-state index contributed by atoms with van der Waals surface area (Å²) in [6, 6.07) is 16.2. The van der Waals surface area contributed by atoms with Crippen LogP contribution in [-0.2, 0) is 4.79 Å². The maximum atomic E-state index is 12.1. The number of amides is 1. The SMILES string of the molecule is O=C1CN=C(c2ccc(O)c(O)c2)c2ccc3ccccc3c2N1. The van der Waals surface area contributed by atoms with Gasteiger partial charge in [0.25, 0.3) is 0 Å². The van der Waals surface area contributed by atoms with Crippen molar-refractivity contribution in [3.63, 3.8) is 0 Å². The second-order valence-electron chi connectivity index (χ2n) is 5.63. The molecule has 0 radical (unpaired) electrons. The highest BCUT2D eigenvalue weighted by molar-refractivity contribution is 6.23. The average Bonchev–Trinajstić information content (AvgIpc) is 2.76. The summed E-state index contributed by atoms with van der Waals surface area (Å²) in [6.45, 7) is -0.0000213. The minimum absolute atomic E-state index is 0.0000213. The van der Waals surface area contributed by atoms with Crippen molar-refractivity contribution in [2.24, 2.45) is 4.99 Å². The zero-order chi connectivity index (χ0) is 16.7. The van der Waals surface area contributed by atoms with Crippen LogP contribution in [0.1, 0.15) is 11.1 Å². The molecule has 0 saturated carbocycles. The van der Waals surface area contributed by atoms with Gasteiger partial charge in [0.2, 0.25) is 5.91 Å². The summed E-state index contributed by atoms with van der Waals surface area (Å²) >= 11 is 0. The van der Waals surface area contributed by atoms with Gasteiger partial charge in [-0.05, 0) is 23.6 Å². The van der Waals surface area contributed by atoms with Gasteiger partial charge in [-0.15, -0.1) is 0 Å². The zero-order valence-corrected chi connectivity index (χ0v) is 12.7. The molecule has 5 nitrogen and oxygen atoms in total. The quantitative estimate of drug-likeness (QED) is 0.603. The van der Waals surface area contributed by atoms with E-state index in [2.05, 4.69) is 10.3 Å². The van der Waals surface area contributed by atoms with Gasteiger partial charge in [-0.25, -0.2) is 0 Å². The fourth-order valence-corrected chi connectivity index (χ4v) is 2.94. The Morgan fingerprint density at radius 2 is 1.79 bits per heavy atom. The maximum Gasteiger partial charge on any atom is 0.246 e. The number of carbonyl (C=O) groups is 1. The number of anilines is 1. The molecule has 0 aliphatic carbocycles. The van der Waals surface area contributed by atoms with Crippen LogP contribution in [0.3, 0.4) is 0 Å². The lowest BCUT2D eigenvalue weighted by molar-refractivity contribution is -0.114. The second kappa shape index (κ2) is 5.38. The van der Waals surface area contributed by atoms with Crippen molar-refractivity contribution in [1.29, 1.82) is 0 Å². The molecule has 0 fully saturated rings. The number of aromatic hydroxyl groups is 2. The first kappa shape index (κ1) is 14.3. The molecule has 3 aromatic carbocycles.